The number of hydrogen-bond donors (Lipinski definition) is 2. The third kappa shape index (κ3) is 6.34. The molecule has 0 saturated carbocycles. The molecule has 0 unspecified atom stereocenters. The van der Waals surface area contributed by atoms with Crippen LogP contribution in [0.2, 0.25) is 0 Å². The number of nitrogens with one attached hydrogen (secondary N) is 2. The van der Waals surface area contributed by atoms with Crippen molar-refractivity contribution in [1.29, 1.82) is 0 Å². The number of benzene rings is 1. The molecule has 3 aromatic rings. The number of aryl methyl sites for hydroxylation is 2. The van der Waals surface area contributed by atoms with Crippen molar-refractivity contribution in [2.75, 3.05) is 11.9 Å². The van der Waals surface area contributed by atoms with Gasteiger partial charge < -0.3 is 10.1 Å². The predicted octanol–water partition coefficient (Wildman–Crippen LogP) is 2.98. The second-order valence-corrected chi connectivity index (χ2v) is 8.69. The maximum absolute atomic E-state index is 12.5. The van der Waals surface area contributed by atoms with Crippen LogP contribution in [0.15, 0.2) is 66.0 Å². The van der Waals surface area contributed by atoms with Crippen molar-refractivity contribution in [3.05, 3.63) is 77.7 Å². The van der Waals surface area contributed by atoms with Crippen LogP contribution in [-0.4, -0.2) is 30.8 Å². The Morgan fingerprint density at radius 3 is 2.61 bits per heavy atom. The Morgan fingerprint density at radius 1 is 1.06 bits per heavy atom. The van der Waals surface area contributed by atoms with Crippen molar-refractivity contribution < 1.29 is 17.9 Å². The summed E-state index contributed by atoms with van der Waals surface area (Å²) in [6.45, 7) is 3.82. The number of pyridine rings is 2. The summed E-state index contributed by atoms with van der Waals surface area (Å²) < 4.78 is 33.3. The second-order valence-electron chi connectivity index (χ2n) is 6.96. The number of carbonyl (C=O) groups is 1. The molecule has 2 heterocycles. The molecule has 1 aromatic carbocycles. The molecule has 0 saturated heterocycles. The highest BCUT2D eigenvalue weighted by molar-refractivity contribution is 7.89. The number of anilines is 1. The largest absolute Gasteiger partial charge is 0.485 e. The van der Waals surface area contributed by atoms with Gasteiger partial charge in [0.15, 0.2) is 11.6 Å². The van der Waals surface area contributed by atoms with Gasteiger partial charge >= 0.3 is 0 Å². The maximum Gasteiger partial charge on any atom is 0.240 e. The molecule has 0 aliphatic heterocycles. The summed E-state index contributed by atoms with van der Waals surface area (Å²) >= 11 is 0. The molecule has 31 heavy (non-hydrogen) atoms. The van der Waals surface area contributed by atoms with Crippen LogP contribution in [0.25, 0.3) is 0 Å². The van der Waals surface area contributed by atoms with E-state index in [0.717, 1.165) is 11.1 Å². The van der Waals surface area contributed by atoms with Crippen LogP contribution in [0.3, 0.4) is 0 Å². The molecule has 0 aliphatic carbocycles. The van der Waals surface area contributed by atoms with Gasteiger partial charge in [-0.25, -0.2) is 18.1 Å². The Morgan fingerprint density at radius 2 is 1.84 bits per heavy atom. The molecular weight excluding hydrogens is 416 g/mol. The third-order valence-corrected chi connectivity index (χ3v) is 6.05. The van der Waals surface area contributed by atoms with Crippen LogP contribution in [-0.2, 0) is 21.4 Å². The number of sulfonamides is 1. The van der Waals surface area contributed by atoms with Crippen LogP contribution >= 0.6 is 0 Å². The first-order valence-corrected chi connectivity index (χ1v) is 11.2. The average Bonchev–Trinajstić information content (AvgIpc) is 2.75. The fourth-order valence-electron chi connectivity index (χ4n) is 2.81. The zero-order valence-corrected chi connectivity index (χ0v) is 18.1. The van der Waals surface area contributed by atoms with Crippen LogP contribution in [0.5, 0.6) is 5.75 Å². The van der Waals surface area contributed by atoms with Crippen molar-refractivity contribution in [1.82, 2.24) is 14.7 Å². The SMILES string of the molecule is Cc1ccc(C)c(S(=O)(=O)NCCC(=O)Nc2ncccc2OCc2ccncc2)c1. The fraction of sp³-hybridized carbons (Fsp3) is 0.227. The number of amides is 1. The molecule has 0 aliphatic rings. The van der Waals surface area contributed by atoms with Gasteiger partial charge in [0.25, 0.3) is 0 Å². The van der Waals surface area contributed by atoms with Gasteiger partial charge in [-0.1, -0.05) is 12.1 Å². The Hall–Kier alpha value is -3.30. The van der Waals surface area contributed by atoms with Crippen LogP contribution in [0.1, 0.15) is 23.1 Å². The number of hydrogen-bond acceptors (Lipinski definition) is 6. The van der Waals surface area contributed by atoms with Gasteiger partial charge in [-0.3, -0.25) is 9.78 Å². The van der Waals surface area contributed by atoms with E-state index in [1.165, 1.54) is 6.20 Å². The van der Waals surface area contributed by atoms with Gasteiger partial charge in [0.1, 0.15) is 6.61 Å². The number of nitrogens with zero attached hydrogens (tertiary/aromatic N) is 2. The number of rotatable bonds is 9. The Balaban J connectivity index is 1.56. The maximum atomic E-state index is 12.5. The summed E-state index contributed by atoms with van der Waals surface area (Å²) in [6.07, 6.45) is 4.83. The predicted molar refractivity (Wildman–Crippen MR) is 117 cm³/mol. The number of ether oxygens (including phenoxy) is 1. The molecule has 1 amide bonds. The van der Waals surface area contributed by atoms with Gasteiger partial charge in [-0.15, -0.1) is 0 Å². The summed E-state index contributed by atoms with van der Waals surface area (Å²) in [5, 5.41) is 2.67. The minimum Gasteiger partial charge on any atom is -0.485 e. The molecule has 9 heteroatoms. The van der Waals surface area contributed by atoms with Crippen molar-refractivity contribution >= 4 is 21.7 Å². The highest BCUT2D eigenvalue weighted by Crippen LogP contribution is 2.22. The lowest BCUT2D eigenvalue weighted by molar-refractivity contribution is -0.116. The van der Waals surface area contributed by atoms with Crippen molar-refractivity contribution in [2.24, 2.45) is 0 Å². The second kappa shape index (κ2) is 10.1. The first kappa shape index (κ1) is 22.4. The Bertz CT molecular complexity index is 1150. The van der Waals surface area contributed by atoms with Gasteiger partial charge in [0, 0.05) is 31.6 Å². The molecule has 2 N–H and O–H groups in total. The topological polar surface area (TPSA) is 110 Å². The van der Waals surface area contributed by atoms with E-state index < -0.39 is 10.0 Å². The Kier molecular flexibility index (Phi) is 7.32. The van der Waals surface area contributed by atoms with Crippen molar-refractivity contribution in [3.63, 3.8) is 0 Å². The molecule has 0 spiro atoms. The van der Waals surface area contributed by atoms with Crippen LogP contribution < -0.4 is 14.8 Å². The normalized spacial score (nSPS) is 11.2. The molecule has 0 bridgehead atoms. The fourth-order valence-corrected chi connectivity index (χ4v) is 4.17. The molecule has 0 radical (unpaired) electrons. The van der Waals surface area contributed by atoms with Gasteiger partial charge in [0.2, 0.25) is 15.9 Å². The van der Waals surface area contributed by atoms with E-state index in [2.05, 4.69) is 20.0 Å². The molecule has 0 fully saturated rings. The van der Waals surface area contributed by atoms with Gasteiger partial charge in [0.05, 0.1) is 4.90 Å². The van der Waals surface area contributed by atoms with E-state index in [1.807, 2.05) is 25.1 Å². The number of aromatic nitrogens is 2. The first-order chi connectivity index (χ1) is 14.8. The van der Waals surface area contributed by atoms with E-state index in [9.17, 15) is 13.2 Å². The number of carbonyl (C=O) groups excluding carboxylic acids is 1. The van der Waals surface area contributed by atoms with Crippen molar-refractivity contribution in [3.8, 4) is 5.75 Å². The van der Waals surface area contributed by atoms with E-state index in [4.69, 9.17) is 4.74 Å². The lowest BCUT2D eigenvalue weighted by Crippen LogP contribution is -2.28. The summed E-state index contributed by atoms with van der Waals surface area (Å²) in [7, 11) is -3.70. The summed E-state index contributed by atoms with van der Waals surface area (Å²) in [6, 6.07) is 12.3. The van der Waals surface area contributed by atoms with E-state index in [1.54, 1.807) is 43.6 Å². The molecule has 162 valence electrons. The minimum atomic E-state index is -3.70. The van der Waals surface area contributed by atoms with E-state index >= 15 is 0 Å². The quantitative estimate of drug-likeness (QED) is 0.529. The van der Waals surface area contributed by atoms with Gasteiger partial charge in [-0.2, -0.15) is 0 Å². The summed E-state index contributed by atoms with van der Waals surface area (Å²) in [4.78, 5) is 20.7. The minimum absolute atomic E-state index is 0.0401. The zero-order valence-electron chi connectivity index (χ0n) is 17.3. The van der Waals surface area contributed by atoms with Crippen LogP contribution in [0, 0.1) is 13.8 Å². The highest BCUT2D eigenvalue weighted by Gasteiger charge is 2.17. The molecular formula is C22H24N4O4S. The smallest absolute Gasteiger partial charge is 0.240 e. The molecule has 3 rings (SSSR count). The lowest BCUT2D eigenvalue weighted by atomic mass is 10.2. The highest BCUT2D eigenvalue weighted by atomic mass is 32.2. The summed E-state index contributed by atoms with van der Waals surface area (Å²) in [5.41, 5.74) is 2.42. The molecule has 2 aromatic heterocycles. The van der Waals surface area contributed by atoms with Crippen LogP contribution in [0.4, 0.5) is 5.82 Å². The Labute approximate surface area is 181 Å². The van der Waals surface area contributed by atoms with E-state index in [0.29, 0.717) is 17.9 Å². The molecule has 0 atom stereocenters. The standard InChI is InChI=1S/C22H24N4O4S/c1-16-5-6-17(2)20(14-16)31(28,29)25-13-9-21(27)26-22-19(4-3-10-24-22)30-15-18-7-11-23-12-8-18/h3-8,10-12,14,25H,9,13,15H2,1-2H3,(H,24,26,27). The lowest BCUT2D eigenvalue weighted by Gasteiger charge is -2.12. The monoisotopic (exact) mass is 440 g/mol. The van der Waals surface area contributed by atoms with Crippen molar-refractivity contribution in [2.45, 2.75) is 31.8 Å². The summed E-state index contributed by atoms with van der Waals surface area (Å²) in [5.74, 6) is 0.318. The first-order valence-electron chi connectivity index (χ1n) is 9.68. The zero-order chi connectivity index (χ0) is 22.3. The van der Waals surface area contributed by atoms with E-state index in [-0.39, 0.29) is 29.6 Å². The van der Waals surface area contributed by atoms with Gasteiger partial charge in [-0.05, 0) is 60.9 Å². The third-order valence-electron chi connectivity index (χ3n) is 4.45. The average molecular weight is 441 g/mol. The molecule has 8 nitrogen and oxygen atoms in total.